The fraction of sp³-hybridized carbons (Fsp3) is 1.00. The van der Waals surface area contributed by atoms with E-state index in [2.05, 4.69) is 0 Å². The van der Waals surface area contributed by atoms with Crippen LogP contribution in [0.15, 0.2) is 0 Å². The number of hydrogen-bond acceptors (Lipinski definition) is 5. The van der Waals surface area contributed by atoms with Gasteiger partial charge < -0.3 is 5.21 Å². The average molecular weight is 134 g/mol. The van der Waals surface area contributed by atoms with Crippen LogP contribution >= 0.6 is 0 Å². The van der Waals surface area contributed by atoms with E-state index in [1.165, 1.54) is 10.6 Å². The molecule has 0 rings (SSSR count). The SMILES string of the molecule is CCN(CC)N(O)N[O-]. The van der Waals surface area contributed by atoms with Crippen LogP contribution in [0.4, 0.5) is 0 Å². The number of nitrogens with zero attached hydrogens (tertiary/aromatic N) is 2. The highest BCUT2D eigenvalue weighted by molar-refractivity contribution is 4.38. The van der Waals surface area contributed by atoms with Gasteiger partial charge in [-0.3, -0.25) is 10.8 Å². The van der Waals surface area contributed by atoms with Gasteiger partial charge in [-0.05, 0) is 0 Å². The van der Waals surface area contributed by atoms with E-state index >= 15 is 0 Å². The summed E-state index contributed by atoms with van der Waals surface area (Å²) in [5, 5.41) is 20.3. The maximum absolute atomic E-state index is 9.77. The molecule has 0 fully saturated rings. The Labute approximate surface area is 54.3 Å². The van der Waals surface area contributed by atoms with Crippen LogP contribution in [0.1, 0.15) is 13.8 Å². The van der Waals surface area contributed by atoms with Gasteiger partial charge in [0.2, 0.25) is 0 Å². The lowest BCUT2D eigenvalue weighted by Crippen LogP contribution is -2.46. The van der Waals surface area contributed by atoms with E-state index in [0.29, 0.717) is 18.4 Å². The van der Waals surface area contributed by atoms with Crippen molar-refractivity contribution in [1.82, 2.24) is 15.9 Å². The Balaban J connectivity index is 3.50. The zero-order valence-electron chi connectivity index (χ0n) is 5.66. The van der Waals surface area contributed by atoms with Gasteiger partial charge in [-0.2, -0.15) is 0 Å². The summed E-state index contributed by atoms with van der Waals surface area (Å²) in [5.41, 5.74) is 1.33. The van der Waals surface area contributed by atoms with Gasteiger partial charge in [0.15, 0.2) is 0 Å². The molecular formula is C4H12N3O2-. The van der Waals surface area contributed by atoms with Crippen LogP contribution in [0.5, 0.6) is 0 Å². The quantitative estimate of drug-likeness (QED) is 0.527. The molecule has 0 bridgehead atoms. The summed E-state index contributed by atoms with van der Waals surface area (Å²) in [6.45, 7) is 4.87. The first-order chi connectivity index (χ1) is 4.26. The van der Waals surface area contributed by atoms with Gasteiger partial charge in [-0.15, -0.1) is 0 Å². The molecule has 5 nitrogen and oxygen atoms in total. The lowest BCUT2D eigenvalue weighted by Gasteiger charge is -2.29. The largest absolute Gasteiger partial charge is 0.772 e. The minimum Gasteiger partial charge on any atom is -0.772 e. The van der Waals surface area contributed by atoms with Crippen LogP contribution in [0, 0.1) is 5.21 Å². The van der Waals surface area contributed by atoms with Crippen molar-refractivity contribution in [3.05, 3.63) is 5.21 Å². The highest BCUT2D eigenvalue weighted by Crippen LogP contribution is 1.86. The van der Waals surface area contributed by atoms with E-state index in [1.807, 2.05) is 13.8 Å². The van der Waals surface area contributed by atoms with Gasteiger partial charge >= 0.3 is 0 Å². The van der Waals surface area contributed by atoms with E-state index in [-0.39, 0.29) is 0 Å². The van der Waals surface area contributed by atoms with Crippen molar-refractivity contribution in [2.75, 3.05) is 13.1 Å². The molecule has 0 saturated carbocycles. The predicted octanol–water partition coefficient (Wildman–Crippen LogP) is -0.0632. The summed E-state index contributed by atoms with van der Waals surface area (Å²) in [5.74, 6) is 0. The molecule has 0 aromatic heterocycles. The number of hydrogen-bond donors (Lipinski definition) is 2. The maximum atomic E-state index is 9.77. The molecule has 0 amide bonds. The molecule has 0 atom stereocenters. The molecule has 0 aromatic rings. The first kappa shape index (κ1) is 8.80. The number of hydrazine groups is 2. The number of nitrogens with one attached hydrogen (secondary N) is 1. The van der Waals surface area contributed by atoms with Crippen molar-refractivity contribution in [3.63, 3.8) is 0 Å². The molecule has 5 heteroatoms. The van der Waals surface area contributed by atoms with E-state index in [4.69, 9.17) is 5.21 Å². The van der Waals surface area contributed by atoms with Crippen LogP contribution in [0.3, 0.4) is 0 Å². The van der Waals surface area contributed by atoms with Crippen LogP contribution in [-0.4, -0.2) is 28.6 Å². The third-order valence-electron chi connectivity index (χ3n) is 1.08. The topological polar surface area (TPSA) is 61.8 Å². The molecule has 9 heavy (non-hydrogen) atoms. The lowest BCUT2D eigenvalue weighted by molar-refractivity contribution is -0.270. The Morgan fingerprint density at radius 2 is 1.89 bits per heavy atom. The first-order valence-electron chi connectivity index (χ1n) is 2.87. The second kappa shape index (κ2) is 4.66. The fourth-order valence-electron chi connectivity index (χ4n) is 0.549. The predicted molar refractivity (Wildman–Crippen MR) is 33.0 cm³/mol. The second-order valence-electron chi connectivity index (χ2n) is 1.52. The molecule has 56 valence electrons. The van der Waals surface area contributed by atoms with Crippen LogP contribution < -0.4 is 5.59 Å². The van der Waals surface area contributed by atoms with Crippen molar-refractivity contribution in [2.45, 2.75) is 13.8 Å². The van der Waals surface area contributed by atoms with Crippen LogP contribution in [-0.2, 0) is 0 Å². The van der Waals surface area contributed by atoms with Crippen molar-refractivity contribution in [3.8, 4) is 0 Å². The zero-order valence-corrected chi connectivity index (χ0v) is 5.66. The van der Waals surface area contributed by atoms with Crippen LogP contribution in [0.2, 0.25) is 0 Å². The molecule has 0 spiro atoms. The van der Waals surface area contributed by atoms with E-state index < -0.39 is 0 Å². The Kier molecular flexibility index (Phi) is 4.55. The molecule has 0 aromatic carbocycles. The molecular weight excluding hydrogens is 122 g/mol. The Morgan fingerprint density at radius 1 is 1.44 bits per heavy atom. The molecule has 0 aliphatic carbocycles. The van der Waals surface area contributed by atoms with Gasteiger partial charge in [0, 0.05) is 13.1 Å². The van der Waals surface area contributed by atoms with E-state index in [9.17, 15) is 5.21 Å². The monoisotopic (exact) mass is 134 g/mol. The van der Waals surface area contributed by atoms with Gasteiger partial charge in [-0.1, -0.05) is 19.1 Å². The van der Waals surface area contributed by atoms with Gasteiger partial charge in [0.1, 0.15) is 0 Å². The van der Waals surface area contributed by atoms with Gasteiger partial charge in [0.25, 0.3) is 0 Å². The van der Waals surface area contributed by atoms with Crippen molar-refractivity contribution in [1.29, 1.82) is 0 Å². The second-order valence-corrected chi connectivity index (χ2v) is 1.52. The molecule has 2 N–H and O–H groups in total. The standard InChI is InChI=1S/C4H12N3O2/c1-3-6(4-2)7(9)5-8/h5,9H,3-4H2,1-2H3/q-1. The van der Waals surface area contributed by atoms with Crippen molar-refractivity contribution >= 4 is 0 Å². The molecule has 0 unspecified atom stereocenters. The van der Waals surface area contributed by atoms with Crippen LogP contribution in [0.25, 0.3) is 0 Å². The smallest absolute Gasteiger partial charge is 0.0140 e. The maximum Gasteiger partial charge on any atom is 0.0140 e. The fourth-order valence-corrected chi connectivity index (χ4v) is 0.549. The highest BCUT2D eigenvalue weighted by Gasteiger charge is 2.01. The summed E-state index contributed by atoms with van der Waals surface area (Å²) in [6.07, 6.45) is 0. The first-order valence-corrected chi connectivity index (χ1v) is 2.87. The third kappa shape index (κ3) is 2.73. The Hall–Kier alpha value is -0.200. The summed E-state index contributed by atoms with van der Waals surface area (Å²) < 4.78 is 0. The van der Waals surface area contributed by atoms with Gasteiger partial charge in [0.05, 0.1) is 0 Å². The minimum atomic E-state index is 0.431. The summed E-state index contributed by atoms with van der Waals surface area (Å²) >= 11 is 0. The summed E-state index contributed by atoms with van der Waals surface area (Å²) in [4.78, 5) is 0. The van der Waals surface area contributed by atoms with E-state index in [1.54, 1.807) is 0 Å². The number of rotatable bonds is 4. The lowest BCUT2D eigenvalue weighted by atomic mass is 10.6. The molecule has 0 saturated heterocycles. The van der Waals surface area contributed by atoms with Crippen molar-refractivity contribution < 1.29 is 5.21 Å². The summed E-state index contributed by atoms with van der Waals surface area (Å²) in [6, 6.07) is 0. The van der Waals surface area contributed by atoms with Gasteiger partial charge in [-0.25, -0.2) is 5.01 Å². The van der Waals surface area contributed by atoms with Crippen molar-refractivity contribution in [2.24, 2.45) is 0 Å². The zero-order chi connectivity index (χ0) is 7.28. The molecule has 0 aliphatic heterocycles. The minimum absolute atomic E-state index is 0.431. The summed E-state index contributed by atoms with van der Waals surface area (Å²) in [7, 11) is 0. The Bertz CT molecular complexity index is 66.8. The average Bonchev–Trinajstić information content (AvgIpc) is 1.90. The normalized spacial score (nSPS) is 11.3. The Morgan fingerprint density at radius 3 is 2.00 bits per heavy atom. The highest BCUT2D eigenvalue weighted by atomic mass is 16.7. The molecule has 0 aliphatic rings. The molecule has 0 radical (unpaired) electrons. The van der Waals surface area contributed by atoms with E-state index in [0.717, 1.165) is 0 Å². The molecule has 0 heterocycles. The third-order valence-corrected chi connectivity index (χ3v) is 1.08.